The van der Waals surface area contributed by atoms with Gasteiger partial charge in [0, 0.05) is 25.0 Å². The van der Waals surface area contributed by atoms with Gasteiger partial charge < -0.3 is 18.9 Å². The number of benzene rings is 3. The van der Waals surface area contributed by atoms with Crippen molar-refractivity contribution in [2.24, 2.45) is 4.99 Å². The van der Waals surface area contributed by atoms with E-state index in [4.69, 9.17) is 18.9 Å². The number of Topliss-reactive ketones (excluding diaryl/α,β-unsaturated/α-hetero) is 1. The maximum Gasteiger partial charge on any atom is 0.378 e. The molecule has 1 amide bonds. The highest BCUT2D eigenvalue weighted by atomic mass is 16.7. The molecule has 41 heavy (non-hydrogen) atoms. The maximum atomic E-state index is 13.9. The number of hydrogen-bond donors (Lipinski definition) is 0. The Balaban J connectivity index is 1.29. The highest BCUT2D eigenvalue weighted by Crippen LogP contribution is 2.37. The molecular formula is C32H28N2O7. The van der Waals surface area contributed by atoms with E-state index in [9.17, 15) is 14.4 Å². The second-order valence-electron chi connectivity index (χ2n) is 10.4. The Morgan fingerprint density at radius 1 is 0.927 bits per heavy atom. The van der Waals surface area contributed by atoms with Gasteiger partial charge in [0.1, 0.15) is 6.04 Å². The van der Waals surface area contributed by atoms with Crippen LogP contribution in [-0.2, 0) is 33.3 Å². The van der Waals surface area contributed by atoms with E-state index in [-0.39, 0.29) is 6.61 Å². The third-order valence-electron chi connectivity index (χ3n) is 7.15. The second-order valence-corrected chi connectivity index (χ2v) is 10.4. The molecule has 0 bridgehead atoms. The van der Waals surface area contributed by atoms with Gasteiger partial charge in [-0.25, -0.2) is 9.79 Å². The number of carbonyl (C=O) groups is 3. The molecule has 0 aromatic heterocycles. The molecule has 9 nitrogen and oxygen atoms in total. The lowest BCUT2D eigenvalue weighted by atomic mass is 9.94. The van der Waals surface area contributed by atoms with Crippen LogP contribution in [0.2, 0.25) is 0 Å². The predicted molar refractivity (Wildman–Crippen MR) is 147 cm³/mol. The molecule has 9 heteroatoms. The average molecular weight is 553 g/mol. The standard InChI is InChI=1S/C32H28N2O7/c1-32(2)38-18-23(19-39-32)25(34-29(36)24-30(34)41-28(33-24)22-16-10-5-11-17-22)26(35)31(37)40-27(20-12-6-3-7-13-20)21-14-8-4-9-15-21/h3-18,24-25,27,30H,19H2,1-2H3/t24-,25?,30-/m0/s1. The van der Waals surface area contributed by atoms with Crippen molar-refractivity contribution in [3.8, 4) is 0 Å². The number of rotatable bonds is 8. The minimum absolute atomic E-state index is 0.0367. The van der Waals surface area contributed by atoms with Crippen molar-refractivity contribution in [3.05, 3.63) is 120 Å². The van der Waals surface area contributed by atoms with Gasteiger partial charge in [-0.15, -0.1) is 0 Å². The largest absolute Gasteiger partial charge is 0.470 e. The second kappa shape index (κ2) is 10.7. The van der Waals surface area contributed by atoms with Crippen molar-refractivity contribution >= 4 is 23.6 Å². The summed E-state index contributed by atoms with van der Waals surface area (Å²) in [5.74, 6) is -3.12. The first kappa shape index (κ1) is 26.5. The van der Waals surface area contributed by atoms with Crippen molar-refractivity contribution in [1.29, 1.82) is 0 Å². The molecule has 0 spiro atoms. The van der Waals surface area contributed by atoms with E-state index in [1.54, 1.807) is 13.8 Å². The van der Waals surface area contributed by atoms with Crippen molar-refractivity contribution < 1.29 is 33.3 Å². The number of likely N-dealkylation sites (tertiary alicyclic amines) is 1. The Morgan fingerprint density at radius 3 is 2.07 bits per heavy atom. The lowest BCUT2D eigenvalue weighted by Gasteiger charge is -2.45. The molecule has 3 aliphatic heterocycles. The predicted octanol–water partition coefficient (Wildman–Crippen LogP) is 3.94. The number of amides is 1. The molecule has 0 saturated carbocycles. The van der Waals surface area contributed by atoms with Gasteiger partial charge >= 0.3 is 5.97 Å². The highest BCUT2D eigenvalue weighted by Gasteiger charge is 2.59. The van der Waals surface area contributed by atoms with Crippen LogP contribution in [0, 0.1) is 0 Å². The average Bonchev–Trinajstić information content (AvgIpc) is 3.40. The zero-order valence-corrected chi connectivity index (χ0v) is 22.5. The van der Waals surface area contributed by atoms with E-state index in [0.717, 1.165) is 0 Å². The monoisotopic (exact) mass is 552 g/mol. The Morgan fingerprint density at radius 2 is 1.51 bits per heavy atom. The van der Waals surface area contributed by atoms with Gasteiger partial charge in [-0.3, -0.25) is 14.5 Å². The summed E-state index contributed by atoms with van der Waals surface area (Å²) in [4.78, 5) is 46.5. The summed E-state index contributed by atoms with van der Waals surface area (Å²) < 4.78 is 23.3. The Hall–Kier alpha value is -4.76. The Labute approximate surface area is 237 Å². The molecule has 6 rings (SSSR count). The molecule has 0 radical (unpaired) electrons. The molecule has 1 unspecified atom stereocenters. The van der Waals surface area contributed by atoms with Gasteiger partial charge in [0.25, 0.3) is 11.7 Å². The maximum absolute atomic E-state index is 13.9. The van der Waals surface area contributed by atoms with Gasteiger partial charge in [0.2, 0.25) is 17.9 Å². The zero-order chi connectivity index (χ0) is 28.6. The van der Waals surface area contributed by atoms with Gasteiger partial charge in [-0.1, -0.05) is 78.9 Å². The fourth-order valence-corrected chi connectivity index (χ4v) is 5.00. The number of nitrogens with zero attached hydrogens (tertiary/aromatic N) is 2. The van der Waals surface area contributed by atoms with Gasteiger partial charge in [-0.05, 0) is 23.3 Å². The summed E-state index contributed by atoms with van der Waals surface area (Å²) in [5, 5.41) is 0. The molecular weight excluding hydrogens is 524 g/mol. The number of hydrogen-bond acceptors (Lipinski definition) is 8. The lowest BCUT2D eigenvalue weighted by Crippen LogP contribution is -2.69. The molecule has 3 atom stereocenters. The van der Waals surface area contributed by atoms with Crippen LogP contribution >= 0.6 is 0 Å². The number of ketones is 1. The fourth-order valence-electron chi connectivity index (χ4n) is 5.00. The first-order valence-corrected chi connectivity index (χ1v) is 13.3. The van der Waals surface area contributed by atoms with Crippen molar-refractivity contribution in [2.75, 3.05) is 6.61 Å². The number of ether oxygens (including phenoxy) is 4. The highest BCUT2D eigenvalue weighted by molar-refractivity contribution is 6.37. The first-order chi connectivity index (χ1) is 19.8. The third kappa shape index (κ3) is 5.12. The molecule has 208 valence electrons. The van der Waals surface area contributed by atoms with E-state index < -0.39 is 47.9 Å². The van der Waals surface area contributed by atoms with E-state index in [1.807, 2.05) is 91.0 Å². The number of β-lactam (4-membered cyclic amide) rings is 1. The number of carbonyl (C=O) groups excluding carboxylic acids is 3. The summed E-state index contributed by atoms with van der Waals surface area (Å²) in [6.45, 7) is 3.41. The SMILES string of the molecule is CC1(C)OC=C(C(C(=O)C(=O)OC(c2ccccc2)c2ccccc2)N2C(=O)[C@@H]3N=C(c4ccccc4)O[C@@H]32)CO1. The van der Waals surface area contributed by atoms with E-state index in [2.05, 4.69) is 4.99 Å². The van der Waals surface area contributed by atoms with Crippen molar-refractivity contribution in [1.82, 2.24) is 4.90 Å². The molecule has 3 aromatic rings. The molecule has 1 saturated heterocycles. The number of fused-ring (bicyclic) bond motifs is 1. The number of esters is 1. The topological polar surface area (TPSA) is 104 Å². The van der Waals surface area contributed by atoms with Crippen molar-refractivity contribution in [3.63, 3.8) is 0 Å². The third-order valence-corrected chi connectivity index (χ3v) is 7.15. The number of aliphatic imine (C=N–C) groups is 1. The van der Waals surface area contributed by atoms with Crippen molar-refractivity contribution in [2.45, 2.75) is 44.1 Å². The molecule has 3 heterocycles. The van der Waals surface area contributed by atoms with Crippen LogP contribution in [0.3, 0.4) is 0 Å². The van der Waals surface area contributed by atoms with Gasteiger partial charge in [0.05, 0.1) is 12.9 Å². The molecule has 3 aliphatic rings. The molecule has 0 N–H and O–H groups in total. The van der Waals surface area contributed by atoms with Crippen LogP contribution in [0.4, 0.5) is 0 Å². The summed E-state index contributed by atoms with van der Waals surface area (Å²) in [6.07, 6.45) is -0.328. The van der Waals surface area contributed by atoms with Crippen LogP contribution in [0.5, 0.6) is 0 Å². The fraction of sp³-hybridized carbons (Fsp3) is 0.250. The quantitative estimate of drug-likeness (QED) is 0.237. The summed E-state index contributed by atoms with van der Waals surface area (Å²) in [5.41, 5.74) is 2.39. The smallest absolute Gasteiger partial charge is 0.378 e. The van der Waals surface area contributed by atoms with Crippen LogP contribution in [0.1, 0.15) is 36.6 Å². The molecule has 1 fully saturated rings. The van der Waals surface area contributed by atoms with Crippen LogP contribution in [-0.4, -0.2) is 59.2 Å². The van der Waals surface area contributed by atoms with Crippen LogP contribution < -0.4 is 0 Å². The van der Waals surface area contributed by atoms with Crippen LogP contribution in [0.25, 0.3) is 0 Å². The van der Waals surface area contributed by atoms with Gasteiger partial charge in [0.15, 0.2) is 12.1 Å². The molecule has 0 aliphatic carbocycles. The minimum atomic E-state index is -1.36. The zero-order valence-electron chi connectivity index (χ0n) is 22.5. The molecule has 3 aromatic carbocycles. The Bertz CT molecular complexity index is 1480. The summed E-state index contributed by atoms with van der Waals surface area (Å²) in [7, 11) is 0. The van der Waals surface area contributed by atoms with Gasteiger partial charge in [-0.2, -0.15) is 0 Å². The minimum Gasteiger partial charge on any atom is -0.470 e. The first-order valence-electron chi connectivity index (χ1n) is 13.3. The summed E-state index contributed by atoms with van der Waals surface area (Å²) in [6, 6.07) is 25.3. The lowest BCUT2D eigenvalue weighted by molar-refractivity contribution is -0.196. The van der Waals surface area contributed by atoms with E-state index in [0.29, 0.717) is 28.2 Å². The van der Waals surface area contributed by atoms with E-state index in [1.165, 1.54) is 11.2 Å². The van der Waals surface area contributed by atoms with Crippen LogP contribution in [0.15, 0.2) is 108 Å². The Kier molecular flexibility index (Phi) is 6.88. The van der Waals surface area contributed by atoms with E-state index >= 15 is 0 Å². The summed E-state index contributed by atoms with van der Waals surface area (Å²) >= 11 is 0. The normalized spacial score (nSPS) is 21.4.